The summed E-state index contributed by atoms with van der Waals surface area (Å²) in [6, 6.07) is 3.81. The normalized spacial score (nSPS) is 10.2. The first kappa shape index (κ1) is 17.4. The number of nitrogens with one attached hydrogen (secondary N) is 1. The molecule has 0 bridgehead atoms. The van der Waals surface area contributed by atoms with Gasteiger partial charge >= 0.3 is 11.7 Å². The lowest BCUT2D eigenvalue weighted by Crippen LogP contribution is -2.26. The summed E-state index contributed by atoms with van der Waals surface area (Å²) in [5.41, 5.74) is 0.00634. The summed E-state index contributed by atoms with van der Waals surface area (Å²) in [6.45, 7) is 0.429. The zero-order valence-corrected chi connectivity index (χ0v) is 11.9. The Bertz CT molecular complexity index is 558. The van der Waals surface area contributed by atoms with Crippen molar-refractivity contribution in [1.82, 2.24) is 5.32 Å². The monoisotopic (exact) mass is 310 g/mol. The lowest BCUT2D eigenvalue weighted by atomic mass is 10.1. The highest BCUT2D eigenvalue weighted by molar-refractivity contribution is 5.78. The summed E-state index contributed by atoms with van der Waals surface area (Å²) in [5, 5.41) is 31.1. The number of carbonyl (C=O) groups is 2. The molecule has 1 aromatic carbocycles. The lowest BCUT2D eigenvalue weighted by Gasteiger charge is -2.05. The van der Waals surface area contributed by atoms with E-state index in [1.54, 1.807) is 0 Å². The van der Waals surface area contributed by atoms with Crippen LogP contribution in [0.4, 0.5) is 5.69 Å². The second kappa shape index (κ2) is 8.60. The summed E-state index contributed by atoms with van der Waals surface area (Å²) in [4.78, 5) is 32.0. The minimum atomic E-state index is -0.835. The van der Waals surface area contributed by atoms with Gasteiger partial charge in [0.05, 0.1) is 11.3 Å². The molecule has 0 atom stereocenters. The van der Waals surface area contributed by atoms with Crippen molar-refractivity contribution >= 4 is 17.6 Å². The second-order valence-corrected chi connectivity index (χ2v) is 4.81. The molecule has 0 heterocycles. The van der Waals surface area contributed by atoms with E-state index >= 15 is 0 Å². The number of unbranched alkanes of at least 4 members (excludes halogenated alkanes) is 2. The summed E-state index contributed by atoms with van der Waals surface area (Å²) in [5.74, 6) is -1.55. The Hall–Kier alpha value is -2.64. The van der Waals surface area contributed by atoms with Gasteiger partial charge in [0.25, 0.3) is 0 Å². The molecule has 0 aliphatic heterocycles. The molecule has 3 N–H and O–H groups in total. The number of phenols is 1. The van der Waals surface area contributed by atoms with Crippen LogP contribution in [0.2, 0.25) is 0 Å². The Morgan fingerprint density at radius 2 is 1.95 bits per heavy atom. The molecular formula is C14H18N2O6. The molecular weight excluding hydrogens is 292 g/mol. The molecule has 8 heteroatoms. The maximum absolute atomic E-state index is 11.7. The Morgan fingerprint density at radius 3 is 2.59 bits per heavy atom. The molecule has 120 valence electrons. The van der Waals surface area contributed by atoms with Crippen LogP contribution < -0.4 is 5.32 Å². The molecule has 0 unspecified atom stereocenters. The van der Waals surface area contributed by atoms with Crippen molar-refractivity contribution < 1.29 is 24.7 Å². The van der Waals surface area contributed by atoms with Gasteiger partial charge in [-0.05, 0) is 24.5 Å². The van der Waals surface area contributed by atoms with Crippen molar-refractivity contribution in [2.75, 3.05) is 6.54 Å². The second-order valence-electron chi connectivity index (χ2n) is 4.81. The molecule has 22 heavy (non-hydrogen) atoms. The number of phenolic OH excluding ortho intramolecular Hbond substituents is 1. The van der Waals surface area contributed by atoms with E-state index in [4.69, 9.17) is 5.11 Å². The van der Waals surface area contributed by atoms with Gasteiger partial charge in [-0.25, -0.2) is 0 Å². The van der Waals surface area contributed by atoms with E-state index in [2.05, 4.69) is 5.32 Å². The minimum absolute atomic E-state index is 0.0176. The number of hydrogen-bond donors (Lipinski definition) is 3. The predicted octanol–water partition coefficient (Wildman–Crippen LogP) is 1.60. The average Bonchev–Trinajstić information content (AvgIpc) is 2.44. The average molecular weight is 310 g/mol. The predicted molar refractivity (Wildman–Crippen MR) is 77.6 cm³/mol. The standard InChI is InChI=1S/C14H18N2O6/c17-12-6-5-10(8-11(12)16(21)22)9-13(18)15-7-3-1-2-4-14(19)20/h5-6,8,17H,1-4,7,9H2,(H,15,18)(H,19,20). The fraction of sp³-hybridized carbons (Fsp3) is 0.429. The van der Waals surface area contributed by atoms with Crippen molar-refractivity contribution in [3.05, 3.63) is 33.9 Å². The number of benzene rings is 1. The quantitative estimate of drug-likeness (QED) is 0.361. The van der Waals surface area contributed by atoms with Crippen molar-refractivity contribution in [2.45, 2.75) is 32.1 Å². The van der Waals surface area contributed by atoms with Gasteiger partial charge < -0.3 is 15.5 Å². The highest BCUT2D eigenvalue weighted by Crippen LogP contribution is 2.26. The third-order valence-corrected chi connectivity index (χ3v) is 2.99. The largest absolute Gasteiger partial charge is 0.502 e. The Balaban J connectivity index is 2.35. The van der Waals surface area contributed by atoms with E-state index in [1.807, 2.05) is 0 Å². The highest BCUT2D eigenvalue weighted by Gasteiger charge is 2.14. The van der Waals surface area contributed by atoms with Crippen LogP contribution in [0.1, 0.15) is 31.2 Å². The zero-order valence-electron chi connectivity index (χ0n) is 11.9. The van der Waals surface area contributed by atoms with Crippen molar-refractivity contribution in [3.63, 3.8) is 0 Å². The first-order chi connectivity index (χ1) is 10.4. The maximum Gasteiger partial charge on any atom is 0.310 e. The molecule has 0 saturated heterocycles. The number of carbonyl (C=O) groups excluding carboxylic acids is 1. The first-order valence-electron chi connectivity index (χ1n) is 6.85. The molecule has 0 spiro atoms. The first-order valence-corrected chi connectivity index (χ1v) is 6.85. The van der Waals surface area contributed by atoms with Crippen LogP contribution in [0.15, 0.2) is 18.2 Å². The van der Waals surface area contributed by atoms with E-state index < -0.39 is 22.3 Å². The molecule has 0 aromatic heterocycles. The van der Waals surface area contributed by atoms with Gasteiger partial charge in [-0.2, -0.15) is 0 Å². The van der Waals surface area contributed by atoms with Crippen LogP contribution in [0.5, 0.6) is 5.75 Å². The minimum Gasteiger partial charge on any atom is -0.502 e. The van der Waals surface area contributed by atoms with Gasteiger partial charge in [-0.3, -0.25) is 19.7 Å². The van der Waals surface area contributed by atoms with Crippen LogP contribution in [0.25, 0.3) is 0 Å². The molecule has 0 aliphatic carbocycles. The Kier molecular flexibility index (Phi) is 6.81. The van der Waals surface area contributed by atoms with E-state index in [0.717, 1.165) is 0 Å². The third kappa shape index (κ3) is 6.21. The van der Waals surface area contributed by atoms with Gasteiger partial charge in [0.2, 0.25) is 5.91 Å². The molecule has 1 aromatic rings. The smallest absolute Gasteiger partial charge is 0.310 e. The number of nitrogens with zero attached hydrogens (tertiary/aromatic N) is 1. The molecule has 8 nitrogen and oxygen atoms in total. The maximum atomic E-state index is 11.7. The SMILES string of the molecule is O=C(O)CCCCCNC(=O)Cc1ccc(O)c([N+](=O)[O-])c1. The number of aromatic hydroxyl groups is 1. The summed E-state index contributed by atoms with van der Waals surface area (Å²) < 4.78 is 0. The van der Waals surface area contributed by atoms with Crippen LogP contribution in [-0.4, -0.2) is 33.6 Å². The fourth-order valence-corrected chi connectivity index (χ4v) is 1.88. The lowest BCUT2D eigenvalue weighted by molar-refractivity contribution is -0.385. The molecule has 0 saturated carbocycles. The number of aliphatic carboxylic acids is 1. The van der Waals surface area contributed by atoms with Gasteiger partial charge in [-0.1, -0.05) is 12.5 Å². The Labute approximate surface area is 126 Å². The van der Waals surface area contributed by atoms with Crippen LogP contribution >= 0.6 is 0 Å². The fourth-order valence-electron chi connectivity index (χ4n) is 1.88. The number of carboxylic acids is 1. The Morgan fingerprint density at radius 1 is 1.23 bits per heavy atom. The number of amides is 1. The van der Waals surface area contributed by atoms with E-state index in [9.17, 15) is 24.8 Å². The molecule has 0 radical (unpaired) electrons. The van der Waals surface area contributed by atoms with E-state index in [0.29, 0.717) is 31.4 Å². The van der Waals surface area contributed by atoms with Crippen molar-refractivity contribution in [2.24, 2.45) is 0 Å². The molecule has 1 rings (SSSR count). The van der Waals surface area contributed by atoms with Gasteiger partial charge in [0.15, 0.2) is 5.75 Å². The number of rotatable bonds is 9. The topological polar surface area (TPSA) is 130 Å². The third-order valence-electron chi connectivity index (χ3n) is 2.99. The van der Waals surface area contributed by atoms with E-state index in [-0.39, 0.29) is 18.7 Å². The number of carboxylic acid groups (broad SMARTS) is 1. The summed E-state index contributed by atoms with van der Waals surface area (Å²) >= 11 is 0. The molecule has 0 aliphatic rings. The summed E-state index contributed by atoms with van der Waals surface area (Å²) in [7, 11) is 0. The van der Waals surface area contributed by atoms with E-state index in [1.165, 1.54) is 18.2 Å². The molecule has 1 amide bonds. The number of nitro benzene ring substituents is 1. The van der Waals surface area contributed by atoms with Gasteiger partial charge in [0.1, 0.15) is 0 Å². The number of hydrogen-bond acceptors (Lipinski definition) is 5. The van der Waals surface area contributed by atoms with Crippen LogP contribution in [0.3, 0.4) is 0 Å². The highest BCUT2D eigenvalue weighted by atomic mass is 16.6. The van der Waals surface area contributed by atoms with Crippen LogP contribution in [0, 0.1) is 10.1 Å². The van der Waals surface area contributed by atoms with Gasteiger partial charge in [0, 0.05) is 19.0 Å². The molecule has 0 fully saturated rings. The van der Waals surface area contributed by atoms with Crippen molar-refractivity contribution in [3.8, 4) is 5.75 Å². The van der Waals surface area contributed by atoms with Crippen LogP contribution in [-0.2, 0) is 16.0 Å². The number of nitro groups is 1. The zero-order chi connectivity index (χ0) is 16.5. The summed E-state index contributed by atoms with van der Waals surface area (Å²) in [6.07, 6.45) is 2.04. The van der Waals surface area contributed by atoms with Gasteiger partial charge in [-0.15, -0.1) is 0 Å². The van der Waals surface area contributed by atoms with Crippen molar-refractivity contribution in [1.29, 1.82) is 0 Å².